The van der Waals surface area contributed by atoms with Crippen LogP contribution in [0.2, 0.25) is 0 Å². The first-order valence-corrected chi connectivity index (χ1v) is 11.2. The zero-order valence-electron chi connectivity index (χ0n) is 17.5. The van der Waals surface area contributed by atoms with Crippen LogP contribution in [0.25, 0.3) is 0 Å². The van der Waals surface area contributed by atoms with Gasteiger partial charge >= 0.3 is 5.97 Å². The van der Waals surface area contributed by atoms with Gasteiger partial charge in [-0.1, -0.05) is 42.5 Å². The third-order valence-corrected chi connectivity index (χ3v) is 7.20. The monoisotopic (exact) mass is 417 g/mol. The SMILES string of the molecule is O=C(COC(=O)c1ccc(C(=O)c2ccccc2)cc1)NC12CC3CC(CC(C3)C1)C2. The molecule has 5 nitrogen and oxygen atoms in total. The lowest BCUT2D eigenvalue weighted by atomic mass is 9.53. The van der Waals surface area contributed by atoms with Gasteiger partial charge in [-0.25, -0.2) is 4.79 Å². The molecule has 4 aliphatic rings. The number of rotatable bonds is 6. The van der Waals surface area contributed by atoms with Gasteiger partial charge in [0.25, 0.3) is 5.91 Å². The summed E-state index contributed by atoms with van der Waals surface area (Å²) in [5, 5.41) is 3.21. The highest BCUT2D eigenvalue weighted by Gasteiger charge is 2.51. The maximum atomic E-state index is 12.5. The quantitative estimate of drug-likeness (QED) is 0.566. The fraction of sp³-hybridized carbons (Fsp3) is 0.423. The number of esters is 1. The predicted molar refractivity (Wildman–Crippen MR) is 116 cm³/mol. The Balaban J connectivity index is 1.15. The third kappa shape index (κ3) is 4.14. The standard InChI is InChI=1S/C26H27NO4/c28-23(27-26-13-17-10-18(14-26)12-19(11-17)15-26)16-31-25(30)22-8-6-21(7-9-22)24(29)20-4-2-1-3-5-20/h1-9,17-19H,10-16H2,(H,27,28). The second-order valence-corrected chi connectivity index (χ2v) is 9.59. The van der Waals surface area contributed by atoms with Gasteiger partial charge in [0.15, 0.2) is 12.4 Å². The fourth-order valence-electron chi connectivity index (χ4n) is 6.32. The van der Waals surface area contributed by atoms with E-state index in [1.54, 1.807) is 36.4 Å². The summed E-state index contributed by atoms with van der Waals surface area (Å²) in [6.45, 7) is -0.273. The smallest absolute Gasteiger partial charge is 0.338 e. The topological polar surface area (TPSA) is 72.5 Å². The van der Waals surface area contributed by atoms with E-state index in [2.05, 4.69) is 5.32 Å². The lowest BCUT2D eigenvalue weighted by molar-refractivity contribution is -0.130. The molecule has 0 radical (unpaired) electrons. The van der Waals surface area contributed by atoms with Gasteiger partial charge in [0.1, 0.15) is 0 Å². The molecule has 4 aliphatic carbocycles. The van der Waals surface area contributed by atoms with E-state index in [-0.39, 0.29) is 23.8 Å². The van der Waals surface area contributed by atoms with Gasteiger partial charge in [0, 0.05) is 16.7 Å². The maximum absolute atomic E-state index is 12.5. The molecule has 160 valence electrons. The first-order chi connectivity index (χ1) is 15.0. The van der Waals surface area contributed by atoms with Crippen LogP contribution in [0.5, 0.6) is 0 Å². The van der Waals surface area contributed by atoms with Crippen LogP contribution >= 0.6 is 0 Å². The molecule has 0 heterocycles. The Morgan fingerprint density at radius 2 is 1.29 bits per heavy atom. The normalized spacial score (nSPS) is 28.2. The Labute approximate surface area is 182 Å². The van der Waals surface area contributed by atoms with Gasteiger partial charge in [-0.3, -0.25) is 9.59 Å². The van der Waals surface area contributed by atoms with E-state index < -0.39 is 5.97 Å². The van der Waals surface area contributed by atoms with Crippen LogP contribution in [-0.2, 0) is 9.53 Å². The van der Waals surface area contributed by atoms with Gasteiger partial charge in [-0.15, -0.1) is 0 Å². The molecule has 0 spiro atoms. The van der Waals surface area contributed by atoms with E-state index in [0.717, 1.165) is 37.0 Å². The van der Waals surface area contributed by atoms with Crippen molar-refractivity contribution in [1.82, 2.24) is 5.32 Å². The van der Waals surface area contributed by atoms with Crippen LogP contribution in [0.4, 0.5) is 0 Å². The molecule has 1 amide bonds. The number of carbonyl (C=O) groups excluding carboxylic acids is 3. The number of ketones is 1. The molecule has 2 aromatic carbocycles. The average molecular weight is 418 g/mol. The van der Waals surface area contributed by atoms with Crippen LogP contribution in [0.3, 0.4) is 0 Å². The largest absolute Gasteiger partial charge is 0.452 e. The molecule has 6 rings (SSSR count). The molecule has 0 aromatic heterocycles. The number of hydrogen-bond acceptors (Lipinski definition) is 4. The lowest BCUT2D eigenvalue weighted by Gasteiger charge is -2.56. The molecule has 0 saturated heterocycles. The highest BCUT2D eigenvalue weighted by molar-refractivity contribution is 6.09. The fourth-order valence-corrected chi connectivity index (χ4v) is 6.32. The van der Waals surface area contributed by atoms with Gasteiger partial charge in [0.2, 0.25) is 0 Å². The summed E-state index contributed by atoms with van der Waals surface area (Å²) in [6.07, 6.45) is 7.13. The van der Waals surface area contributed by atoms with E-state index in [4.69, 9.17) is 4.74 Å². The van der Waals surface area contributed by atoms with Crippen molar-refractivity contribution in [3.05, 3.63) is 71.3 Å². The molecule has 0 atom stereocenters. The summed E-state index contributed by atoms with van der Waals surface area (Å²) in [6, 6.07) is 15.4. The summed E-state index contributed by atoms with van der Waals surface area (Å²) in [5.74, 6) is 1.35. The van der Waals surface area contributed by atoms with Crippen molar-refractivity contribution >= 4 is 17.7 Å². The van der Waals surface area contributed by atoms with Crippen molar-refractivity contribution in [3.63, 3.8) is 0 Å². The molecule has 0 unspecified atom stereocenters. The van der Waals surface area contributed by atoms with Gasteiger partial charge in [0.05, 0.1) is 5.56 Å². The summed E-state index contributed by atoms with van der Waals surface area (Å²) in [7, 11) is 0. The summed E-state index contributed by atoms with van der Waals surface area (Å²) >= 11 is 0. The van der Waals surface area contributed by atoms with Gasteiger partial charge in [-0.05, 0) is 68.4 Å². The zero-order valence-corrected chi connectivity index (χ0v) is 17.5. The minimum Gasteiger partial charge on any atom is -0.452 e. The average Bonchev–Trinajstić information content (AvgIpc) is 2.76. The minimum absolute atomic E-state index is 0.0856. The maximum Gasteiger partial charge on any atom is 0.338 e. The molecule has 4 bridgehead atoms. The van der Waals surface area contributed by atoms with Crippen molar-refractivity contribution in [2.75, 3.05) is 6.61 Å². The highest BCUT2D eigenvalue weighted by Crippen LogP contribution is 2.55. The van der Waals surface area contributed by atoms with Crippen molar-refractivity contribution in [2.24, 2.45) is 17.8 Å². The summed E-state index contributed by atoms with van der Waals surface area (Å²) < 4.78 is 5.25. The first kappa shape index (κ1) is 20.0. The zero-order chi connectivity index (χ0) is 21.4. The Kier molecular flexibility index (Phi) is 5.12. The first-order valence-electron chi connectivity index (χ1n) is 11.2. The third-order valence-electron chi connectivity index (χ3n) is 7.20. The number of amides is 1. The number of hydrogen-bond donors (Lipinski definition) is 1. The predicted octanol–water partition coefficient (Wildman–Crippen LogP) is 4.16. The van der Waals surface area contributed by atoms with Crippen molar-refractivity contribution < 1.29 is 19.1 Å². The van der Waals surface area contributed by atoms with Crippen molar-refractivity contribution in [1.29, 1.82) is 0 Å². The second-order valence-electron chi connectivity index (χ2n) is 9.59. The van der Waals surface area contributed by atoms with Crippen molar-refractivity contribution in [2.45, 2.75) is 44.1 Å². The summed E-state index contributed by atoms with van der Waals surface area (Å²) in [4.78, 5) is 37.4. The van der Waals surface area contributed by atoms with Crippen LogP contribution in [0.1, 0.15) is 64.8 Å². The Morgan fingerprint density at radius 3 is 1.87 bits per heavy atom. The molecular formula is C26H27NO4. The van der Waals surface area contributed by atoms with E-state index in [1.165, 1.54) is 19.3 Å². The number of carbonyl (C=O) groups is 3. The molecule has 31 heavy (non-hydrogen) atoms. The highest BCUT2D eigenvalue weighted by atomic mass is 16.5. The molecular weight excluding hydrogens is 390 g/mol. The van der Waals surface area contributed by atoms with Crippen LogP contribution in [-0.4, -0.2) is 29.8 Å². The molecule has 0 aliphatic heterocycles. The number of benzene rings is 2. The van der Waals surface area contributed by atoms with E-state index in [0.29, 0.717) is 16.7 Å². The molecule has 4 saturated carbocycles. The molecule has 1 N–H and O–H groups in total. The van der Waals surface area contributed by atoms with Gasteiger partial charge < -0.3 is 10.1 Å². The lowest BCUT2D eigenvalue weighted by Crippen LogP contribution is -2.60. The number of ether oxygens (including phenoxy) is 1. The second kappa shape index (κ2) is 7.95. The van der Waals surface area contributed by atoms with Crippen molar-refractivity contribution in [3.8, 4) is 0 Å². The molecule has 5 heteroatoms. The Bertz CT molecular complexity index is 961. The van der Waals surface area contributed by atoms with Crippen LogP contribution < -0.4 is 5.32 Å². The summed E-state index contributed by atoms with van der Waals surface area (Å²) in [5.41, 5.74) is 1.34. The van der Waals surface area contributed by atoms with Crippen LogP contribution in [0.15, 0.2) is 54.6 Å². The Morgan fingerprint density at radius 1 is 0.774 bits per heavy atom. The van der Waals surface area contributed by atoms with Crippen LogP contribution in [0, 0.1) is 17.8 Å². The van der Waals surface area contributed by atoms with Gasteiger partial charge in [-0.2, -0.15) is 0 Å². The Hall–Kier alpha value is -2.95. The minimum atomic E-state index is -0.556. The van der Waals surface area contributed by atoms with E-state index in [1.807, 2.05) is 18.2 Å². The van der Waals surface area contributed by atoms with E-state index >= 15 is 0 Å². The number of nitrogens with one attached hydrogen (secondary N) is 1. The molecule has 2 aromatic rings. The van der Waals surface area contributed by atoms with E-state index in [9.17, 15) is 14.4 Å². The molecule has 4 fully saturated rings.